The Morgan fingerprint density at radius 1 is 1.07 bits per heavy atom. The van der Waals surface area contributed by atoms with Gasteiger partial charge in [0.2, 0.25) is 0 Å². The topological polar surface area (TPSA) is 50.2 Å². The zero-order valence-corrected chi connectivity index (χ0v) is 17.8. The molecular weight excluding hydrogens is 372 g/mol. The number of benzene rings is 2. The molecule has 1 fully saturated rings. The lowest BCUT2D eigenvalue weighted by atomic mass is 10.00. The number of carbonyl (C=O) groups is 1. The fourth-order valence-electron chi connectivity index (χ4n) is 4.17. The number of carbonyl (C=O) groups excluding carboxylic acids is 1. The number of anilines is 1. The van der Waals surface area contributed by atoms with Crippen molar-refractivity contribution in [2.75, 3.05) is 18.4 Å². The molecule has 0 bridgehead atoms. The highest BCUT2D eigenvalue weighted by atomic mass is 16.1. The first kappa shape index (κ1) is 20.4. The van der Waals surface area contributed by atoms with E-state index in [0.29, 0.717) is 12.1 Å². The molecule has 5 heteroatoms. The third-order valence-corrected chi connectivity index (χ3v) is 5.88. The first-order chi connectivity index (χ1) is 14.6. The van der Waals surface area contributed by atoms with Crippen molar-refractivity contribution in [2.24, 2.45) is 5.92 Å². The van der Waals surface area contributed by atoms with Crippen molar-refractivity contribution in [2.45, 2.75) is 39.8 Å². The fourth-order valence-corrected chi connectivity index (χ4v) is 4.17. The van der Waals surface area contributed by atoms with E-state index in [1.54, 1.807) is 6.20 Å². The van der Waals surface area contributed by atoms with E-state index in [1.165, 1.54) is 31.5 Å². The second-order valence-corrected chi connectivity index (χ2v) is 8.42. The molecule has 1 saturated heterocycles. The molecule has 30 heavy (non-hydrogen) atoms. The number of amides is 1. The summed E-state index contributed by atoms with van der Waals surface area (Å²) in [6, 6.07) is 18.3. The average Bonchev–Trinajstić information content (AvgIpc) is 3.10. The van der Waals surface area contributed by atoms with Gasteiger partial charge >= 0.3 is 0 Å². The molecule has 4 rings (SSSR count). The predicted molar refractivity (Wildman–Crippen MR) is 121 cm³/mol. The normalized spacial score (nSPS) is 17.1. The van der Waals surface area contributed by atoms with Crippen molar-refractivity contribution in [3.63, 3.8) is 0 Å². The van der Waals surface area contributed by atoms with Gasteiger partial charge in [0, 0.05) is 24.5 Å². The molecule has 0 radical (unpaired) electrons. The molecule has 1 unspecified atom stereocenters. The summed E-state index contributed by atoms with van der Waals surface area (Å²) < 4.78 is 1.87. The summed E-state index contributed by atoms with van der Waals surface area (Å²) in [6.45, 7) is 8.25. The summed E-state index contributed by atoms with van der Waals surface area (Å²) in [6.07, 6.45) is 4.27. The molecule has 0 spiro atoms. The highest BCUT2D eigenvalue weighted by Crippen LogP contribution is 2.19. The van der Waals surface area contributed by atoms with Crippen LogP contribution in [0.25, 0.3) is 0 Å². The van der Waals surface area contributed by atoms with Crippen LogP contribution in [0.1, 0.15) is 46.9 Å². The van der Waals surface area contributed by atoms with Crippen LogP contribution in [0, 0.1) is 12.8 Å². The van der Waals surface area contributed by atoms with Gasteiger partial charge in [-0.05, 0) is 55.5 Å². The van der Waals surface area contributed by atoms with E-state index in [4.69, 9.17) is 0 Å². The van der Waals surface area contributed by atoms with Crippen molar-refractivity contribution in [3.05, 3.63) is 83.2 Å². The number of piperidine rings is 1. The minimum absolute atomic E-state index is 0.121. The number of nitrogens with zero attached hydrogens (tertiary/aromatic N) is 3. The summed E-state index contributed by atoms with van der Waals surface area (Å²) >= 11 is 0. The van der Waals surface area contributed by atoms with E-state index in [0.717, 1.165) is 29.4 Å². The third-order valence-electron chi connectivity index (χ3n) is 5.88. The second-order valence-electron chi connectivity index (χ2n) is 8.42. The highest BCUT2D eigenvalue weighted by Gasteiger charge is 2.17. The van der Waals surface area contributed by atoms with E-state index in [9.17, 15) is 4.79 Å². The molecule has 5 nitrogen and oxygen atoms in total. The quantitative estimate of drug-likeness (QED) is 0.649. The summed E-state index contributed by atoms with van der Waals surface area (Å²) in [5.74, 6) is 0.660. The van der Waals surface area contributed by atoms with Crippen LogP contribution < -0.4 is 5.32 Å². The molecule has 2 aromatic carbocycles. The Bertz CT molecular complexity index is 978. The maximum absolute atomic E-state index is 12.8. The fraction of sp³-hybridized carbons (Fsp3) is 0.360. The number of nitrogens with one attached hydrogen (secondary N) is 1. The molecule has 3 aromatic rings. The van der Waals surface area contributed by atoms with Crippen LogP contribution in [-0.2, 0) is 13.1 Å². The van der Waals surface area contributed by atoms with Crippen LogP contribution in [0.3, 0.4) is 0 Å². The zero-order chi connectivity index (χ0) is 20.9. The standard InChI is InChI=1S/C25H30N4O/c1-19-7-6-14-28(16-19)17-22-10-12-23(13-11-22)27-25(30)24-15-26-29(20(24)2)18-21-8-4-3-5-9-21/h3-5,8-13,15,19H,6-7,14,16-18H2,1-2H3,(H,27,30). The van der Waals surface area contributed by atoms with Crippen molar-refractivity contribution in [3.8, 4) is 0 Å². The van der Waals surface area contributed by atoms with Crippen LogP contribution in [0.2, 0.25) is 0 Å². The van der Waals surface area contributed by atoms with Gasteiger partial charge in [-0.1, -0.05) is 49.4 Å². The molecule has 1 N–H and O–H groups in total. The smallest absolute Gasteiger partial charge is 0.259 e. The molecule has 2 heterocycles. The van der Waals surface area contributed by atoms with E-state index in [-0.39, 0.29) is 5.91 Å². The van der Waals surface area contributed by atoms with Crippen LogP contribution in [0.5, 0.6) is 0 Å². The molecule has 1 amide bonds. The van der Waals surface area contributed by atoms with E-state index in [1.807, 2.05) is 41.9 Å². The molecule has 0 saturated carbocycles. The van der Waals surface area contributed by atoms with Crippen LogP contribution >= 0.6 is 0 Å². The number of hydrogen-bond acceptors (Lipinski definition) is 3. The van der Waals surface area contributed by atoms with E-state index >= 15 is 0 Å². The number of hydrogen-bond donors (Lipinski definition) is 1. The van der Waals surface area contributed by atoms with Crippen molar-refractivity contribution in [1.29, 1.82) is 0 Å². The summed E-state index contributed by atoms with van der Waals surface area (Å²) in [7, 11) is 0. The Morgan fingerprint density at radius 2 is 1.80 bits per heavy atom. The number of aromatic nitrogens is 2. The van der Waals surface area contributed by atoms with Gasteiger partial charge in [0.1, 0.15) is 0 Å². The molecule has 156 valence electrons. The summed E-state index contributed by atoms with van der Waals surface area (Å²) in [5, 5.41) is 7.42. The lowest BCUT2D eigenvalue weighted by Gasteiger charge is -2.30. The summed E-state index contributed by atoms with van der Waals surface area (Å²) in [4.78, 5) is 15.3. The Hall–Kier alpha value is -2.92. The minimum Gasteiger partial charge on any atom is -0.322 e. The van der Waals surface area contributed by atoms with Gasteiger partial charge in [0.25, 0.3) is 5.91 Å². The molecular formula is C25H30N4O. The minimum atomic E-state index is -0.121. The van der Waals surface area contributed by atoms with Crippen LogP contribution in [0.15, 0.2) is 60.8 Å². The SMILES string of the molecule is Cc1c(C(=O)Nc2ccc(CN3CCCC(C)C3)cc2)cnn1Cc1ccccc1. The molecule has 1 aromatic heterocycles. The Morgan fingerprint density at radius 3 is 2.53 bits per heavy atom. The predicted octanol–water partition coefficient (Wildman–Crippen LogP) is 4.72. The van der Waals surface area contributed by atoms with Gasteiger partial charge < -0.3 is 5.32 Å². The third kappa shape index (κ3) is 4.97. The van der Waals surface area contributed by atoms with Gasteiger partial charge in [0.15, 0.2) is 0 Å². The lowest BCUT2D eigenvalue weighted by molar-refractivity contribution is 0.102. The van der Waals surface area contributed by atoms with Gasteiger partial charge in [-0.3, -0.25) is 14.4 Å². The molecule has 1 atom stereocenters. The van der Waals surface area contributed by atoms with E-state index < -0.39 is 0 Å². The van der Waals surface area contributed by atoms with Gasteiger partial charge in [0.05, 0.1) is 18.3 Å². The number of likely N-dealkylation sites (tertiary alicyclic amines) is 1. The molecule has 0 aliphatic carbocycles. The van der Waals surface area contributed by atoms with Gasteiger partial charge in [-0.15, -0.1) is 0 Å². The second kappa shape index (κ2) is 9.26. The first-order valence-electron chi connectivity index (χ1n) is 10.8. The summed E-state index contributed by atoms with van der Waals surface area (Å²) in [5.41, 5.74) is 4.73. The number of rotatable bonds is 6. The molecule has 1 aliphatic rings. The first-order valence-corrected chi connectivity index (χ1v) is 10.8. The van der Waals surface area contributed by atoms with Crippen molar-refractivity contribution >= 4 is 11.6 Å². The van der Waals surface area contributed by atoms with Gasteiger partial charge in [-0.25, -0.2) is 0 Å². The van der Waals surface area contributed by atoms with Crippen LogP contribution in [0.4, 0.5) is 5.69 Å². The van der Waals surface area contributed by atoms with Crippen LogP contribution in [-0.4, -0.2) is 33.7 Å². The van der Waals surface area contributed by atoms with Gasteiger partial charge in [-0.2, -0.15) is 5.10 Å². The van der Waals surface area contributed by atoms with Crippen molar-refractivity contribution in [1.82, 2.24) is 14.7 Å². The highest BCUT2D eigenvalue weighted by molar-refractivity contribution is 6.04. The lowest BCUT2D eigenvalue weighted by Crippen LogP contribution is -2.33. The zero-order valence-electron chi connectivity index (χ0n) is 17.8. The van der Waals surface area contributed by atoms with Crippen molar-refractivity contribution < 1.29 is 4.79 Å². The monoisotopic (exact) mass is 402 g/mol. The Balaban J connectivity index is 1.37. The molecule has 1 aliphatic heterocycles. The Labute approximate surface area is 178 Å². The average molecular weight is 403 g/mol. The van der Waals surface area contributed by atoms with E-state index in [2.05, 4.69) is 46.5 Å². The maximum atomic E-state index is 12.8. The maximum Gasteiger partial charge on any atom is 0.259 e. The largest absolute Gasteiger partial charge is 0.322 e. The Kier molecular flexibility index (Phi) is 6.29.